The molecule has 0 bridgehead atoms. The van der Waals surface area contributed by atoms with E-state index in [1.165, 1.54) is 19.3 Å². The number of anilines is 1. The molecule has 2 aromatic rings. The quantitative estimate of drug-likeness (QED) is 0.663. The largest absolute Gasteiger partial charge is 0.411 e. The topological polar surface area (TPSA) is 74.0 Å². The van der Waals surface area contributed by atoms with Crippen molar-refractivity contribution in [3.05, 3.63) is 28.3 Å². The second-order valence-corrected chi connectivity index (χ2v) is 5.95. The lowest BCUT2D eigenvalue weighted by molar-refractivity contribution is -0.182. The number of carbonyl (C=O) groups is 1. The molecule has 0 unspecified atom stereocenters. The minimum atomic E-state index is -4.45. The van der Waals surface area contributed by atoms with E-state index >= 15 is 0 Å². The Labute approximate surface area is 152 Å². The van der Waals surface area contributed by atoms with Crippen LogP contribution in [0.25, 0.3) is 0 Å². The molecule has 144 valence electrons. The molecule has 0 aromatic carbocycles. The van der Waals surface area contributed by atoms with Gasteiger partial charge >= 0.3 is 6.18 Å². The zero-order valence-corrected chi connectivity index (χ0v) is 14.8. The predicted molar refractivity (Wildman–Crippen MR) is 82.5 cm³/mol. The maximum atomic E-state index is 12.8. The summed E-state index contributed by atoms with van der Waals surface area (Å²) in [6.07, 6.45) is -4.75. The van der Waals surface area contributed by atoms with E-state index in [4.69, 9.17) is 0 Å². The fourth-order valence-corrected chi connectivity index (χ4v) is 2.39. The summed E-state index contributed by atoms with van der Waals surface area (Å²) in [6, 6.07) is 0. The molecule has 0 aliphatic carbocycles. The van der Waals surface area contributed by atoms with E-state index in [1.807, 2.05) is 0 Å². The number of hydrogen-bond acceptors (Lipinski definition) is 4. The summed E-state index contributed by atoms with van der Waals surface area (Å²) in [7, 11) is 0. The average Bonchev–Trinajstić information content (AvgIpc) is 3.05. The van der Waals surface area contributed by atoms with Gasteiger partial charge in [0.2, 0.25) is 5.91 Å². The number of hydrogen-bond donors (Lipinski definition) is 1. The third kappa shape index (κ3) is 5.49. The van der Waals surface area contributed by atoms with Crippen LogP contribution in [0.4, 0.5) is 27.6 Å². The molecule has 0 spiro atoms. The summed E-state index contributed by atoms with van der Waals surface area (Å²) in [5.41, 5.74) is 0.0974. The van der Waals surface area contributed by atoms with Gasteiger partial charge in [-0.15, -0.1) is 0 Å². The Hall–Kier alpha value is -2.02. The molecule has 0 radical (unpaired) electrons. The monoisotopic (exact) mass is 445 g/mol. The zero-order chi connectivity index (χ0) is 19.5. The summed E-state index contributed by atoms with van der Waals surface area (Å²) in [6.45, 7) is -0.675. The number of halogens is 6. The van der Waals surface area contributed by atoms with Crippen molar-refractivity contribution < 1.29 is 31.5 Å². The average molecular weight is 446 g/mol. The van der Waals surface area contributed by atoms with Crippen LogP contribution in [-0.4, -0.2) is 38.3 Å². The van der Waals surface area contributed by atoms with E-state index in [1.54, 1.807) is 0 Å². The van der Waals surface area contributed by atoms with Gasteiger partial charge in [0, 0.05) is 0 Å². The summed E-state index contributed by atoms with van der Waals surface area (Å²) in [4.78, 5) is 12.0. The second kappa shape index (κ2) is 8.12. The fourth-order valence-electron chi connectivity index (χ4n) is 1.93. The van der Waals surface area contributed by atoms with Crippen molar-refractivity contribution in [3.63, 3.8) is 0 Å². The van der Waals surface area contributed by atoms with Crippen LogP contribution >= 0.6 is 15.9 Å². The van der Waals surface area contributed by atoms with Gasteiger partial charge < -0.3 is 10.1 Å². The first-order chi connectivity index (χ1) is 12.1. The molecular weight excluding hydrogens is 433 g/mol. The van der Waals surface area contributed by atoms with E-state index in [0.717, 1.165) is 9.36 Å². The highest BCUT2D eigenvalue weighted by atomic mass is 79.9. The van der Waals surface area contributed by atoms with Crippen LogP contribution in [0.15, 0.2) is 16.9 Å². The fraction of sp³-hybridized carbons (Fsp3) is 0.462. The van der Waals surface area contributed by atoms with Gasteiger partial charge in [0.25, 0.3) is 6.43 Å². The molecular formula is C13H13BrF5N5O2. The van der Waals surface area contributed by atoms with Gasteiger partial charge in [-0.2, -0.15) is 23.4 Å². The van der Waals surface area contributed by atoms with Gasteiger partial charge in [-0.25, -0.2) is 13.5 Å². The summed E-state index contributed by atoms with van der Waals surface area (Å²) < 4.78 is 68.2. The molecule has 0 saturated carbocycles. The van der Waals surface area contributed by atoms with Crippen molar-refractivity contribution in [2.24, 2.45) is 0 Å². The molecule has 0 aliphatic rings. The van der Waals surface area contributed by atoms with Crippen LogP contribution in [0.1, 0.15) is 17.8 Å². The maximum absolute atomic E-state index is 12.8. The molecule has 26 heavy (non-hydrogen) atoms. The molecule has 0 saturated heterocycles. The van der Waals surface area contributed by atoms with Crippen LogP contribution in [0, 0.1) is 6.92 Å². The van der Waals surface area contributed by atoms with Gasteiger partial charge in [0.15, 0.2) is 0 Å². The molecule has 2 heterocycles. The Balaban J connectivity index is 1.92. The van der Waals surface area contributed by atoms with E-state index in [2.05, 4.69) is 36.2 Å². The van der Waals surface area contributed by atoms with Crippen molar-refractivity contribution in [1.82, 2.24) is 19.6 Å². The maximum Gasteiger partial charge on any atom is 0.411 e. The number of aromatic nitrogens is 4. The summed E-state index contributed by atoms with van der Waals surface area (Å²) >= 11 is 3.00. The lowest BCUT2D eigenvalue weighted by Crippen LogP contribution is -2.20. The number of amides is 1. The lowest BCUT2D eigenvalue weighted by atomic mass is 10.4. The lowest BCUT2D eigenvalue weighted by Gasteiger charge is -2.07. The first-order valence-electron chi connectivity index (χ1n) is 7.04. The third-order valence-electron chi connectivity index (χ3n) is 3.06. The molecule has 2 aromatic heterocycles. The van der Waals surface area contributed by atoms with Crippen LogP contribution < -0.4 is 5.32 Å². The smallest absolute Gasteiger partial charge is 0.350 e. The number of nitrogens with one attached hydrogen (secondary N) is 1. The van der Waals surface area contributed by atoms with E-state index in [0.29, 0.717) is 5.69 Å². The van der Waals surface area contributed by atoms with Gasteiger partial charge in [0.1, 0.15) is 25.6 Å². The highest BCUT2D eigenvalue weighted by Gasteiger charge is 2.27. The van der Waals surface area contributed by atoms with Gasteiger partial charge in [-0.05, 0) is 22.9 Å². The van der Waals surface area contributed by atoms with Crippen molar-refractivity contribution >= 4 is 27.5 Å². The van der Waals surface area contributed by atoms with Gasteiger partial charge in [0.05, 0.1) is 28.2 Å². The van der Waals surface area contributed by atoms with Crippen LogP contribution in [0.5, 0.6) is 0 Å². The molecule has 2 rings (SSSR count). The van der Waals surface area contributed by atoms with Crippen LogP contribution in [0.2, 0.25) is 0 Å². The molecule has 13 heteroatoms. The minimum Gasteiger partial charge on any atom is -0.350 e. The zero-order valence-electron chi connectivity index (χ0n) is 13.2. The molecule has 0 fully saturated rings. The predicted octanol–water partition coefficient (Wildman–Crippen LogP) is 3.26. The molecule has 7 nitrogen and oxygen atoms in total. The number of carbonyl (C=O) groups excluding carboxylic acids is 1. The van der Waals surface area contributed by atoms with Crippen molar-refractivity contribution in [3.8, 4) is 0 Å². The Morgan fingerprint density at radius 2 is 2.12 bits per heavy atom. The molecule has 1 amide bonds. The van der Waals surface area contributed by atoms with Crippen molar-refractivity contribution in [2.45, 2.75) is 32.8 Å². The summed E-state index contributed by atoms with van der Waals surface area (Å²) in [5.74, 6) is -0.570. The van der Waals surface area contributed by atoms with Crippen molar-refractivity contribution in [2.75, 3.05) is 11.9 Å². The molecule has 0 aliphatic heterocycles. The molecule has 0 atom stereocenters. The summed E-state index contributed by atoms with van der Waals surface area (Å²) in [5, 5.41) is 9.85. The SMILES string of the molecule is Cc1c(Br)c(C(F)F)nn1CC(=O)Nc1cnn(COCC(F)(F)F)c1. The Bertz CT molecular complexity index is 774. The van der Waals surface area contributed by atoms with Gasteiger partial charge in [-0.1, -0.05) is 0 Å². The standard InChI is InChI=1S/C13H13BrF5N5O2/c1-7-10(14)11(12(15)16)22-24(7)4-9(25)21-8-2-20-23(3-8)6-26-5-13(17,18)19/h2-3,12H,4-6H2,1H3,(H,21,25). The Morgan fingerprint density at radius 3 is 2.69 bits per heavy atom. The Morgan fingerprint density at radius 1 is 1.42 bits per heavy atom. The number of nitrogens with zero attached hydrogens (tertiary/aromatic N) is 4. The highest BCUT2D eigenvalue weighted by Crippen LogP contribution is 2.28. The first kappa shape index (κ1) is 20.3. The molecule has 1 N–H and O–H groups in total. The third-order valence-corrected chi connectivity index (χ3v) is 4.04. The van der Waals surface area contributed by atoms with Crippen molar-refractivity contribution in [1.29, 1.82) is 0 Å². The van der Waals surface area contributed by atoms with Crippen LogP contribution in [-0.2, 0) is 22.8 Å². The first-order valence-corrected chi connectivity index (χ1v) is 7.84. The van der Waals surface area contributed by atoms with E-state index in [9.17, 15) is 26.7 Å². The van der Waals surface area contributed by atoms with E-state index in [-0.39, 0.29) is 16.7 Å². The number of alkyl halides is 5. The van der Waals surface area contributed by atoms with Crippen LogP contribution in [0.3, 0.4) is 0 Å². The second-order valence-electron chi connectivity index (χ2n) is 5.15. The Kier molecular flexibility index (Phi) is 6.34. The normalized spacial score (nSPS) is 12.0. The minimum absolute atomic E-state index is 0.120. The van der Waals surface area contributed by atoms with E-state index < -0.39 is 37.5 Å². The highest BCUT2D eigenvalue weighted by molar-refractivity contribution is 9.10. The van der Waals surface area contributed by atoms with Gasteiger partial charge in [-0.3, -0.25) is 9.48 Å². The number of rotatable bonds is 7. The number of ether oxygens (including phenoxy) is 1.